The minimum atomic E-state index is -3.46. The Bertz CT molecular complexity index is 879. The summed E-state index contributed by atoms with van der Waals surface area (Å²) in [7, 11) is -3.46. The van der Waals surface area contributed by atoms with Gasteiger partial charge in [-0.05, 0) is 61.4 Å². The van der Waals surface area contributed by atoms with Gasteiger partial charge in [0.15, 0.2) is 0 Å². The molecule has 1 fully saturated rings. The molecule has 0 spiro atoms. The lowest BCUT2D eigenvalue weighted by molar-refractivity contribution is -0.121. The van der Waals surface area contributed by atoms with Gasteiger partial charge in [-0.1, -0.05) is 37.3 Å². The highest BCUT2D eigenvalue weighted by atomic mass is 32.2. The Labute approximate surface area is 166 Å². The average molecular weight is 402 g/mol. The molecular formula is C21H27N3O3S. The molecule has 1 aliphatic carbocycles. The third-order valence-corrected chi connectivity index (χ3v) is 6.25. The van der Waals surface area contributed by atoms with E-state index in [0.29, 0.717) is 12.1 Å². The van der Waals surface area contributed by atoms with Crippen molar-refractivity contribution in [2.75, 3.05) is 5.43 Å². The summed E-state index contributed by atoms with van der Waals surface area (Å²) in [5, 5.41) is 0. The number of nitrogens with one attached hydrogen (secondary N) is 3. The molecule has 6 nitrogen and oxygen atoms in total. The van der Waals surface area contributed by atoms with Gasteiger partial charge in [0, 0.05) is 12.5 Å². The average Bonchev–Trinajstić information content (AvgIpc) is 3.49. The lowest BCUT2D eigenvalue weighted by Crippen LogP contribution is -2.30. The third-order valence-electron chi connectivity index (χ3n) is 4.71. The molecule has 2 aromatic rings. The van der Waals surface area contributed by atoms with E-state index < -0.39 is 10.0 Å². The van der Waals surface area contributed by atoms with Gasteiger partial charge in [-0.3, -0.25) is 15.6 Å². The molecule has 3 rings (SSSR count). The van der Waals surface area contributed by atoms with Crippen LogP contribution in [0.2, 0.25) is 0 Å². The first-order chi connectivity index (χ1) is 13.4. The van der Waals surface area contributed by atoms with Crippen molar-refractivity contribution in [1.29, 1.82) is 0 Å². The van der Waals surface area contributed by atoms with Crippen molar-refractivity contribution < 1.29 is 13.2 Å². The predicted octanol–water partition coefficient (Wildman–Crippen LogP) is 3.23. The van der Waals surface area contributed by atoms with Crippen LogP contribution in [0.25, 0.3) is 0 Å². The Balaban J connectivity index is 1.41. The van der Waals surface area contributed by atoms with Gasteiger partial charge in [0.05, 0.1) is 10.6 Å². The lowest BCUT2D eigenvalue weighted by atomic mass is 9.98. The molecule has 0 aromatic heterocycles. The van der Waals surface area contributed by atoms with Crippen LogP contribution in [0.4, 0.5) is 5.69 Å². The second-order valence-corrected chi connectivity index (χ2v) is 9.14. The van der Waals surface area contributed by atoms with Crippen molar-refractivity contribution in [1.82, 2.24) is 10.1 Å². The third kappa shape index (κ3) is 6.35. The van der Waals surface area contributed by atoms with Crippen molar-refractivity contribution in [3.8, 4) is 0 Å². The minimum absolute atomic E-state index is 0.0750. The summed E-state index contributed by atoms with van der Waals surface area (Å²) in [5.74, 6) is 0.177. The van der Waals surface area contributed by atoms with Crippen LogP contribution in [-0.4, -0.2) is 20.4 Å². The molecule has 1 unspecified atom stereocenters. The van der Waals surface area contributed by atoms with Crippen LogP contribution in [0.1, 0.15) is 38.2 Å². The summed E-state index contributed by atoms with van der Waals surface area (Å²) < 4.78 is 26.9. The van der Waals surface area contributed by atoms with E-state index in [9.17, 15) is 13.2 Å². The number of carbonyl (C=O) groups excluding carboxylic acids is 1. The molecule has 7 heteroatoms. The van der Waals surface area contributed by atoms with E-state index in [4.69, 9.17) is 0 Å². The van der Waals surface area contributed by atoms with E-state index in [1.807, 2.05) is 18.2 Å². The number of hydrogen-bond acceptors (Lipinski definition) is 4. The molecule has 3 N–H and O–H groups in total. The van der Waals surface area contributed by atoms with Crippen molar-refractivity contribution >= 4 is 21.6 Å². The van der Waals surface area contributed by atoms with Crippen LogP contribution < -0.4 is 15.6 Å². The van der Waals surface area contributed by atoms with Crippen LogP contribution in [0.5, 0.6) is 0 Å². The molecular weight excluding hydrogens is 374 g/mol. The number of sulfonamides is 1. The Kier molecular flexibility index (Phi) is 6.70. The highest BCUT2D eigenvalue weighted by Gasteiger charge is 2.27. The van der Waals surface area contributed by atoms with Gasteiger partial charge in [0.1, 0.15) is 0 Å². The maximum absolute atomic E-state index is 12.1. The number of hydrazine groups is 1. The Morgan fingerprint density at radius 3 is 2.39 bits per heavy atom. The molecule has 1 atom stereocenters. The number of benzene rings is 2. The smallest absolute Gasteiger partial charge is 0.240 e. The van der Waals surface area contributed by atoms with Gasteiger partial charge in [-0.2, -0.15) is 0 Å². The van der Waals surface area contributed by atoms with Gasteiger partial charge >= 0.3 is 0 Å². The second-order valence-electron chi connectivity index (χ2n) is 7.43. The van der Waals surface area contributed by atoms with Gasteiger partial charge in [-0.25, -0.2) is 13.1 Å². The van der Waals surface area contributed by atoms with Crippen LogP contribution in [0.15, 0.2) is 59.5 Å². The van der Waals surface area contributed by atoms with Crippen LogP contribution >= 0.6 is 0 Å². The summed E-state index contributed by atoms with van der Waals surface area (Å²) in [6, 6.07) is 16.6. The van der Waals surface area contributed by atoms with E-state index in [-0.39, 0.29) is 22.8 Å². The van der Waals surface area contributed by atoms with Crippen molar-refractivity contribution in [3.63, 3.8) is 0 Å². The largest absolute Gasteiger partial charge is 0.299 e. The summed E-state index contributed by atoms with van der Waals surface area (Å²) in [4.78, 5) is 12.3. The molecule has 150 valence electrons. The molecule has 0 bridgehead atoms. The number of aryl methyl sites for hydroxylation is 1. The van der Waals surface area contributed by atoms with Gasteiger partial charge in [0.25, 0.3) is 0 Å². The summed E-state index contributed by atoms with van der Waals surface area (Å²) >= 11 is 0. The van der Waals surface area contributed by atoms with Gasteiger partial charge in [-0.15, -0.1) is 0 Å². The number of carbonyl (C=O) groups is 1. The minimum Gasteiger partial charge on any atom is -0.299 e. The molecule has 0 radical (unpaired) electrons. The highest BCUT2D eigenvalue weighted by molar-refractivity contribution is 7.89. The fourth-order valence-electron chi connectivity index (χ4n) is 2.88. The number of hydrogen-bond donors (Lipinski definition) is 3. The van der Waals surface area contributed by atoms with Crippen LogP contribution in [0, 0.1) is 5.92 Å². The van der Waals surface area contributed by atoms with Gasteiger partial charge in [0.2, 0.25) is 15.9 Å². The van der Waals surface area contributed by atoms with Crippen molar-refractivity contribution in [2.45, 2.75) is 50.0 Å². The fourth-order valence-corrected chi connectivity index (χ4v) is 4.18. The molecule has 28 heavy (non-hydrogen) atoms. The molecule has 1 aliphatic rings. The normalized spacial score (nSPS) is 15.0. The first-order valence-electron chi connectivity index (χ1n) is 9.63. The quantitative estimate of drug-likeness (QED) is 0.534. The zero-order chi connectivity index (χ0) is 20.0. The molecule has 1 saturated carbocycles. The van der Waals surface area contributed by atoms with Crippen LogP contribution in [-0.2, 0) is 21.2 Å². The molecule has 0 aliphatic heterocycles. The van der Waals surface area contributed by atoms with Crippen molar-refractivity contribution in [2.24, 2.45) is 5.92 Å². The highest BCUT2D eigenvalue weighted by Crippen LogP contribution is 2.22. The van der Waals surface area contributed by atoms with E-state index in [2.05, 4.69) is 34.6 Å². The van der Waals surface area contributed by atoms with E-state index >= 15 is 0 Å². The molecule has 1 amide bonds. The second kappa shape index (κ2) is 9.21. The van der Waals surface area contributed by atoms with Crippen molar-refractivity contribution in [3.05, 3.63) is 60.2 Å². The van der Waals surface area contributed by atoms with Gasteiger partial charge < -0.3 is 0 Å². The summed E-state index contributed by atoms with van der Waals surface area (Å²) in [5.41, 5.74) is 7.43. The summed E-state index contributed by atoms with van der Waals surface area (Å²) in [6.45, 7) is 2.06. The molecule has 2 aromatic carbocycles. The number of rotatable bonds is 10. The molecule has 0 heterocycles. The summed E-state index contributed by atoms with van der Waals surface area (Å²) in [6.07, 6.45) is 4.12. The standard InChI is InChI=1S/C21H27N3O3S/c1-16(7-8-17-5-3-2-4-6-17)15-21(25)23-22-18-11-13-20(14-12-18)28(26,27)24-19-9-10-19/h2-6,11-14,16,19,22,24H,7-10,15H2,1H3,(H,23,25). The predicted molar refractivity (Wildman–Crippen MR) is 110 cm³/mol. The zero-order valence-electron chi connectivity index (χ0n) is 16.0. The lowest BCUT2D eigenvalue weighted by Gasteiger charge is -2.13. The SMILES string of the molecule is CC(CCc1ccccc1)CC(=O)NNc1ccc(S(=O)(=O)NC2CC2)cc1. The van der Waals surface area contributed by atoms with E-state index in [0.717, 1.165) is 25.7 Å². The fraction of sp³-hybridized carbons (Fsp3) is 0.381. The Morgan fingerprint density at radius 2 is 1.75 bits per heavy atom. The number of anilines is 1. The zero-order valence-corrected chi connectivity index (χ0v) is 16.8. The first kappa shape index (κ1) is 20.4. The number of amides is 1. The topological polar surface area (TPSA) is 87.3 Å². The Morgan fingerprint density at radius 1 is 1.07 bits per heavy atom. The molecule has 0 saturated heterocycles. The Hall–Kier alpha value is -2.38. The monoisotopic (exact) mass is 401 g/mol. The van der Waals surface area contributed by atoms with E-state index in [1.165, 1.54) is 17.7 Å². The van der Waals surface area contributed by atoms with Crippen LogP contribution in [0.3, 0.4) is 0 Å². The van der Waals surface area contributed by atoms with E-state index in [1.54, 1.807) is 12.1 Å². The first-order valence-corrected chi connectivity index (χ1v) is 11.1. The maximum atomic E-state index is 12.1. The maximum Gasteiger partial charge on any atom is 0.240 e.